The molecule has 0 aliphatic heterocycles. The van der Waals surface area contributed by atoms with E-state index in [1.54, 1.807) is 6.20 Å². The molecule has 5 aromatic rings. The number of nitrogens with zero attached hydrogens (tertiary/aromatic N) is 1. The van der Waals surface area contributed by atoms with Crippen LogP contribution in [0.4, 0.5) is 0 Å². The Morgan fingerprint density at radius 2 is 1.68 bits per heavy atom. The maximum absolute atomic E-state index is 8.41. The molecule has 0 radical (unpaired) electrons. The molecule has 2 heterocycles. The van der Waals surface area contributed by atoms with Crippen molar-refractivity contribution < 1.29 is 5.79 Å². The molecule has 0 saturated carbocycles. The van der Waals surface area contributed by atoms with E-state index < -0.39 is 5.89 Å². The van der Waals surface area contributed by atoms with E-state index >= 15 is 0 Å². The molecule has 5 rings (SSSR count). The van der Waals surface area contributed by atoms with Gasteiger partial charge in [0.1, 0.15) is 11.2 Å². The average Bonchev–Trinajstić information content (AvgIpc) is 3.18. The molecule has 0 unspecified atom stereocenters. The molecule has 31 heavy (non-hydrogen) atoms. The van der Waals surface area contributed by atoms with Crippen molar-refractivity contribution in [3.05, 3.63) is 102 Å². The van der Waals surface area contributed by atoms with Crippen LogP contribution in [0, 0.1) is 0 Å². The molecule has 2 heteroatoms. The first kappa shape index (κ1) is 18.4. The van der Waals surface area contributed by atoms with Gasteiger partial charge >= 0.3 is 0 Å². The van der Waals surface area contributed by atoms with E-state index in [2.05, 4.69) is 79.5 Å². The summed E-state index contributed by atoms with van der Waals surface area (Å²) in [5, 5.41) is 2.24. The summed E-state index contributed by atoms with van der Waals surface area (Å²) in [6.07, 6.45) is 1.78. The van der Waals surface area contributed by atoms with Crippen molar-refractivity contribution >= 4 is 21.9 Å². The lowest BCUT2D eigenvalue weighted by Gasteiger charge is -2.27. The van der Waals surface area contributed by atoms with Crippen molar-refractivity contribution in [3.8, 4) is 11.3 Å². The number of hydrogen-bond acceptors (Lipinski definition) is 2. The van der Waals surface area contributed by atoms with E-state index in [9.17, 15) is 0 Å². The van der Waals surface area contributed by atoms with Gasteiger partial charge in [-0.15, -0.1) is 0 Å². The second-order valence-electron chi connectivity index (χ2n) is 8.88. The lowest BCUT2D eigenvalue weighted by molar-refractivity contribution is 0.642. The van der Waals surface area contributed by atoms with Gasteiger partial charge in [0.25, 0.3) is 0 Å². The summed E-state index contributed by atoms with van der Waals surface area (Å²) in [4.78, 5) is 4.62. The summed E-state index contributed by atoms with van der Waals surface area (Å²) in [5.74, 6) is -0.688. The maximum Gasteiger partial charge on any atom is 0.144 e. The second-order valence-corrected chi connectivity index (χ2v) is 8.88. The zero-order valence-corrected chi connectivity index (χ0v) is 18.4. The monoisotopic (exact) mass is 406 g/mol. The van der Waals surface area contributed by atoms with Crippen molar-refractivity contribution in [1.29, 1.82) is 0 Å². The Hall–Kier alpha value is -3.39. The number of furan rings is 1. The van der Waals surface area contributed by atoms with Gasteiger partial charge < -0.3 is 4.42 Å². The minimum Gasteiger partial charge on any atom is -0.455 e. The zero-order valence-electron chi connectivity index (χ0n) is 19.4. The quantitative estimate of drug-likeness (QED) is 0.301. The van der Waals surface area contributed by atoms with Crippen LogP contribution in [0.5, 0.6) is 0 Å². The van der Waals surface area contributed by atoms with Crippen LogP contribution in [-0.4, -0.2) is 4.98 Å². The van der Waals surface area contributed by atoms with E-state index in [1.807, 2.05) is 32.0 Å². The SMILES string of the molecule is [2H]C(C)(C)c1ccnc(-c2cccc3c2oc2cccc(C(C)(C)c4ccccc4)c23)c1. The number of benzene rings is 3. The van der Waals surface area contributed by atoms with Gasteiger partial charge in [0, 0.05) is 29.3 Å². The van der Waals surface area contributed by atoms with Gasteiger partial charge in [-0.2, -0.15) is 0 Å². The standard InChI is InChI=1S/C29H27NO/c1-19(2)20-16-17-30-25(18-20)22-12-8-13-23-27-24(14-9-15-26(27)31-28(22)23)29(3,4)21-10-6-5-7-11-21/h5-19H,1-4H3/i19D. The van der Waals surface area contributed by atoms with Crippen LogP contribution in [0.2, 0.25) is 0 Å². The molecular weight excluding hydrogens is 378 g/mol. The van der Waals surface area contributed by atoms with E-state index in [-0.39, 0.29) is 5.41 Å². The number of hydrogen-bond donors (Lipinski definition) is 0. The second kappa shape index (κ2) is 7.39. The number of rotatable bonds is 4. The molecule has 0 aliphatic rings. The summed E-state index contributed by atoms with van der Waals surface area (Å²) < 4.78 is 14.9. The van der Waals surface area contributed by atoms with E-state index in [0.717, 1.165) is 38.8 Å². The molecule has 0 N–H and O–H groups in total. The van der Waals surface area contributed by atoms with Crippen molar-refractivity contribution in [3.63, 3.8) is 0 Å². The highest BCUT2D eigenvalue weighted by Crippen LogP contribution is 2.42. The van der Waals surface area contributed by atoms with E-state index in [0.29, 0.717) is 0 Å². The van der Waals surface area contributed by atoms with Gasteiger partial charge in [-0.25, -0.2) is 0 Å². The van der Waals surface area contributed by atoms with Crippen molar-refractivity contribution in [2.45, 2.75) is 39.0 Å². The average molecular weight is 407 g/mol. The largest absolute Gasteiger partial charge is 0.455 e. The summed E-state index contributed by atoms with van der Waals surface area (Å²) in [6.45, 7) is 8.32. The lowest BCUT2D eigenvalue weighted by Crippen LogP contribution is -2.19. The highest BCUT2D eigenvalue weighted by molar-refractivity contribution is 6.11. The Bertz CT molecular complexity index is 1420. The fourth-order valence-electron chi connectivity index (χ4n) is 4.47. The molecular formula is C29H27NO. The van der Waals surface area contributed by atoms with Crippen LogP contribution in [0.25, 0.3) is 33.2 Å². The molecule has 2 aromatic heterocycles. The smallest absolute Gasteiger partial charge is 0.144 e. The zero-order chi connectivity index (χ0) is 22.5. The fourth-order valence-corrected chi connectivity index (χ4v) is 4.47. The van der Waals surface area contributed by atoms with Gasteiger partial charge in [-0.3, -0.25) is 4.98 Å². The lowest BCUT2D eigenvalue weighted by atomic mass is 9.76. The summed E-state index contributed by atoms with van der Waals surface area (Å²) >= 11 is 0. The molecule has 3 aromatic carbocycles. The molecule has 0 amide bonds. The normalized spacial score (nSPS) is 13.0. The Kier molecular flexibility index (Phi) is 4.38. The Labute approximate surface area is 185 Å². The Morgan fingerprint density at radius 1 is 0.903 bits per heavy atom. The van der Waals surface area contributed by atoms with Crippen LogP contribution in [0.3, 0.4) is 0 Å². The minimum atomic E-state index is -0.688. The Morgan fingerprint density at radius 3 is 2.45 bits per heavy atom. The molecule has 0 fully saturated rings. The topological polar surface area (TPSA) is 26.0 Å². The first-order chi connectivity index (χ1) is 15.3. The summed E-state index contributed by atoms with van der Waals surface area (Å²) in [7, 11) is 0. The van der Waals surface area contributed by atoms with Crippen molar-refractivity contribution in [2.24, 2.45) is 0 Å². The van der Waals surface area contributed by atoms with Crippen LogP contribution in [-0.2, 0) is 5.41 Å². The number of fused-ring (bicyclic) bond motifs is 3. The van der Waals surface area contributed by atoms with E-state index in [4.69, 9.17) is 5.79 Å². The van der Waals surface area contributed by atoms with Crippen LogP contribution in [0.15, 0.2) is 89.5 Å². The first-order valence-electron chi connectivity index (χ1n) is 11.2. The van der Waals surface area contributed by atoms with E-state index in [1.165, 1.54) is 11.1 Å². The highest BCUT2D eigenvalue weighted by atomic mass is 16.3. The molecule has 2 nitrogen and oxygen atoms in total. The molecule has 154 valence electrons. The third kappa shape index (κ3) is 3.23. The Balaban J connectivity index is 1.76. The minimum absolute atomic E-state index is 0.180. The number of para-hydroxylation sites is 1. The highest BCUT2D eigenvalue weighted by Gasteiger charge is 2.27. The molecule has 0 saturated heterocycles. The molecule has 0 bridgehead atoms. The maximum atomic E-state index is 8.41. The fraction of sp³-hybridized carbons (Fsp3) is 0.207. The van der Waals surface area contributed by atoms with Crippen molar-refractivity contribution in [2.75, 3.05) is 0 Å². The van der Waals surface area contributed by atoms with Crippen molar-refractivity contribution in [1.82, 2.24) is 4.98 Å². The van der Waals surface area contributed by atoms with Gasteiger partial charge in [-0.05, 0) is 46.8 Å². The number of pyridine rings is 1. The predicted molar refractivity (Wildman–Crippen MR) is 130 cm³/mol. The third-order valence-electron chi connectivity index (χ3n) is 6.30. The van der Waals surface area contributed by atoms with Crippen LogP contribution >= 0.6 is 0 Å². The summed E-state index contributed by atoms with van der Waals surface area (Å²) in [5.41, 5.74) is 6.76. The molecule has 0 aliphatic carbocycles. The van der Waals surface area contributed by atoms with Crippen LogP contribution < -0.4 is 0 Å². The first-order valence-corrected chi connectivity index (χ1v) is 10.7. The predicted octanol–water partition coefficient (Wildman–Crippen LogP) is 8.10. The van der Waals surface area contributed by atoms with Gasteiger partial charge in [0.15, 0.2) is 0 Å². The van der Waals surface area contributed by atoms with Gasteiger partial charge in [0.2, 0.25) is 0 Å². The number of aromatic nitrogens is 1. The van der Waals surface area contributed by atoms with Crippen LogP contribution in [0.1, 0.15) is 51.7 Å². The van der Waals surface area contributed by atoms with Gasteiger partial charge in [-0.1, -0.05) is 82.3 Å². The molecule has 0 spiro atoms. The summed E-state index contributed by atoms with van der Waals surface area (Å²) in [6, 6.07) is 27.1. The third-order valence-corrected chi connectivity index (χ3v) is 6.30. The van der Waals surface area contributed by atoms with Gasteiger partial charge in [0.05, 0.1) is 5.69 Å². The molecule has 0 atom stereocenters.